The second-order valence-electron chi connectivity index (χ2n) is 8.44. The van der Waals surface area contributed by atoms with Crippen LogP contribution < -0.4 is 14.8 Å². The molecule has 0 bridgehead atoms. The SMILES string of the molecule is CCNC(=O)[C@H](Cc1ccccc1)N(Cc1ccc(Cl)cc1)C(=O)CCc1ccc(OC)c(OC)c1. The van der Waals surface area contributed by atoms with Crippen LogP contribution in [0.1, 0.15) is 30.0 Å². The third kappa shape index (κ3) is 7.49. The number of likely N-dealkylation sites (N-methyl/N-ethyl adjacent to an activating group) is 1. The van der Waals surface area contributed by atoms with Crippen LogP contribution in [0.15, 0.2) is 72.8 Å². The Morgan fingerprint density at radius 3 is 2.19 bits per heavy atom. The van der Waals surface area contributed by atoms with Gasteiger partial charge in [-0.1, -0.05) is 60.1 Å². The molecule has 0 radical (unpaired) electrons. The van der Waals surface area contributed by atoms with Crippen molar-refractivity contribution in [2.75, 3.05) is 20.8 Å². The van der Waals surface area contributed by atoms with Crippen molar-refractivity contribution in [2.45, 2.75) is 38.8 Å². The molecule has 0 heterocycles. The standard InChI is InChI=1S/C29H33ClN2O4/c1-4-31-29(34)25(18-21-8-6-5-7-9-21)32(20-23-10-14-24(30)15-11-23)28(33)17-13-22-12-16-26(35-2)27(19-22)36-3/h5-12,14-16,19,25H,4,13,17-18,20H2,1-3H3,(H,31,34)/t25-/m0/s1. The number of ether oxygens (including phenoxy) is 2. The fraction of sp³-hybridized carbons (Fsp3) is 0.310. The van der Waals surface area contributed by atoms with Gasteiger partial charge in [0.25, 0.3) is 0 Å². The minimum Gasteiger partial charge on any atom is -0.493 e. The zero-order chi connectivity index (χ0) is 25.9. The summed E-state index contributed by atoms with van der Waals surface area (Å²) < 4.78 is 10.7. The second kappa shape index (κ2) is 13.5. The van der Waals surface area contributed by atoms with Gasteiger partial charge in [-0.25, -0.2) is 0 Å². The van der Waals surface area contributed by atoms with E-state index in [1.807, 2.05) is 67.6 Å². The molecule has 3 aromatic carbocycles. The summed E-state index contributed by atoms with van der Waals surface area (Å²) >= 11 is 6.07. The molecule has 0 spiro atoms. The van der Waals surface area contributed by atoms with Crippen molar-refractivity contribution in [2.24, 2.45) is 0 Å². The van der Waals surface area contributed by atoms with Crippen LogP contribution >= 0.6 is 11.6 Å². The molecule has 1 N–H and O–H groups in total. The van der Waals surface area contributed by atoms with Crippen LogP contribution in [0, 0.1) is 0 Å². The number of halogens is 1. The molecule has 7 heteroatoms. The average Bonchev–Trinajstić information content (AvgIpc) is 2.90. The maximum absolute atomic E-state index is 13.7. The summed E-state index contributed by atoms with van der Waals surface area (Å²) in [6.45, 7) is 2.66. The molecule has 0 aliphatic carbocycles. The van der Waals surface area contributed by atoms with E-state index in [1.54, 1.807) is 31.3 Å². The zero-order valence-electron chi connectivity index (χ0n) is 21.0. The lowest BCUT2D eigenvalue weighted by molar-refractivity contribution is -0.141. The Morgan fingerprint density at radius 2 is 1.56 bits per heavy atom. The van der Waals surface area contributed by atoms with Gasteiger partial charge in [0.15, 0.2) is 11.5 Å². The van der Waals surface area contributed by atoms with Gasteiger partial charge in [-0.2, -0.15) is 0 Å². The van der Waals surface area contributed by atoms with Crippen molar-refractivity contribution in [1.82, 2.24) is 10.2 Å². The molecule has 0 saturated heterocycles. The van der Waals surface area contributed by atoms with Gasteiger partial charge in [0.05, 0.1) is 14.2 Å². The Labute approximate surface area is 218 Å². The third-order valence-electron chi connectivity index (χ3n) is 5.96. The molecule has 0 aliphatic heterocycles. The van der Waals surface area contributed by atoms with Gasteiger partial charge < -0.3 is 19.7 Å². The van der Waals surface area contributed by atoms with Crippen molar-refractivity contribution in [3.8, 4) is 11.5 Å². The summed E-state index contributed by atoms with van der Waals surface area (Å²) in [5.74, 6) is 0.975. The lowest BCUT2D eigenvalue weighted by atomic mass is 10.0. The highest BCUT2D eigenvalue weighted by Crippen LogP contribution is 2.28. The smallest absolute Gasteiger partial charge is 0.243 e. The first kappa shape index (κ1) is 27.1. The summed E-state index contributed by atoms with van der Waals surface area (Å²) in [5.41, 5.74) is 2.84. The quantitative estimate of drug-likeness (QED) is 0.371. The number of amides is 2. The summed E-state index contributed by atoms with van der Waals surface area (Å²) in [6, 6.07) is 22.1. The molecule has 0 fully saturated rings. The van der Waals surface area contributed by atoms with Crippen LogP contribution in [-0.2, 0) is 29.0 Å². The van der Waals surface area contributed by atoms with Gasteiger partial charge in [0, 0.05) is 31.0 Å². The molecular formula is C29H33ClN2O4. The lowest BCUT2D eigenvalue weighted by Crippen LogP contribution is -2.50. The molecule has 36 heavy (non-hydrogen) atoms. The predicted octanol–water partition coefficient (Wildman–Crippen LogP) is 5.07. The molecule has 0 aromatic heterocycles. The van der Waals surface area contributed by atoms with Crippen LogP contribution in [0.2, 0.25) is 5.02 Å². The Morgan fingerprint density at radius 1 is 0.889 bits per heavy atom. The van der Waals surface area contributed by atoms with E-state index in [0.29, 0.717) is 42.5 Å². The van der Waals surface area contributed by atoms with Crippen LogP contribution in [0.3, 0.4) is 0 Å². The van der Waals surface area contributed by atoms with Crippen molar-refractivity contribution in [3.63, 3.8) is 0 Å². The van der Waals surface area contributed by atoms with Crippen LogP contribution in [0.4, 0.5) is 0 Å². The Hall–Kier alpha value is -3.51. The minimum atomic E-state index is -0.652. The number of nitrogens with zero attached hydrogens (tertiary/aromatic N) is 1. The van der Waals surface area contributed by atoms with E-state index >= 15 is 0 Å². The van der Waals surface area contributed by atoms with Gasteiger partial charge in [0.2, 0.25) is 11.8 Å². The Bertz CT molecular complexity index is 1140. The molecule has 0 saturated carbocycles. The zero-order valence-corrected chi connectivity index (χ0v) is 21.8. The van der Waals surface area contributed by atoms with Gasteiger partial charge in [0.1, 0.15) is 6.04 Å². The largest absolute Gasteiger partial charge is 0.493 e. The normalized spacial score (nSPS) is 11.4. The fourth-order valence-corrected chi connectivity index (χ4v) is 4.19. The van der Waals surface area contributed by atoms with E-state index in [0.717, 1.165) is 16.7 Å². The topological polar surface area (TPSA) is 67.9 Å². The van der Waals surface area contributed by atoms with Gasteiger partial charge in [-0.15, -0.1) is 0 Å². The second-order valence-corrected chi connectivity index (χ2v) is 8.87. The number of carbonyl (C=O) groups is 2. The highest BCUT2D eigenvalue weighted by Gasteiger charge is 2.30. The maximum Gasteiger partial charge on any atom is 0.243 e. The molecule has 0 unspecified atom stereocenters. The summed E-state index contributed by atoms with van der Waals surface area (Å²) in [4.78, 5) is 28.6. The van der Waals surface area contributed by atoms with E-state index in [4.69, 9.17) is 21.1 Å². The number of nitrogens with one attached hydrogen (secondary N) is 1. The summed E-state index contributed by atoms with van der Waals surface area (Å²) in [7, 11) is 3.17. The van der Waals surface area contributed by atoms with E-state index in [-0.39, 0.29) is 18.2 Å². The number of rotatable bonds is 12. The van der Waals surface area contributed by atoms with Crippen LogP contribution in [0.5, 0.6) is 11.5 Å². The molecule has 6 nitrogen and oxygen atoms in total. The van der Waals surface area contributed by atoms with Crippen LogP contribution in [-0.4, -0.2) is 43.5 Å². The Balaban J connectivity index is 1.87. The van der Waals surface area contributed by atoms with Gasteiger partial charge in [-0.05, 0) is 54.3 Å². The molecule has 190 valence electrons. The predicted molar refractivity (Wildman–Crippen MR) is 142 cm³/mol. The van der Waals surface area contributed by atoms with Gasteiger partial charge >= 0.3 is 0 Å². The number of hydrogen-bond donors (Lipinski definition) is 1. The Kier molecular flexibility index (Phi) is 10.2. The number of hydrogen-bond acceptors (Lipinski definition) is 4. The third-order valence-corrected chi connectivity index (χ3v) is 6.22. The highest BCUT2D eigenvalue weighted by atomic mass is 35.5. The fourth-order valence-electron chi connectivity index (χ4n) is 4.06. The molecule has 1 atom stereocenters. The van der Waals surface area contributed by atoms with Crippen molar-refractivity contribution in [1.29, 1.82) is 0 Å². The lowest BCUT2D eigenvalue weighted by Gasteiger charge is -2.31. The van der Waals surface area contributed by atoms with E-state index in [1.165, 1.54) is 0 Å². The van der Waals surface area contributed by atoms with Crippen LogP contribution in [0.25, 0.3) is 0 Å². The highest BCUT2D eigenvalue weighted by molar-refractivity contribution is 6.30. The van der Waals surface area contributed by atoms with Crippen molar-refractivity contribution < 1.29 is 19.1 Å². The molecular weight excluding hydrogens is 476 g/mol. The number of aryl methyl sites for hydroxylation is 1. The molecule has 3 aromatic rings. The maximum atomic E-state index is 13.7. The first-order chi connectivity index (χ1) is 17.4. The van der Waals surface area contributed by atoms with Crippen molar-refractivity contribution in [3.05, 3.63) is 94.5 Å². The summed E-state index contributed by atoms with van der Waals surface area (Å²) in [5, 5.41) is 3.53. The average molecular weight is 509 g/mol. The summed E-state index contributed by atoms with van der Waals surface area (Å²) in [6.07, 6.45) is 1.17. The first-order valence-corrected chi connectivity index (χ1v) is 12.4. The number of benzene rings is 3. The van der Waals surface area contributed by atoms with E-state index in [9.17, 15) is 9.59 Å². The first-order valence-electron chi connectivity index (χ1n) is 12.0. The van der Waals surface area contributed by atoms with Gasteiger partial charge in [-0.3, -0.25) is 9.59 Å². The monoisotopic (exact) mass is 508 g/mol. The molecule has 3 rings (SSSR count). The van der Waals surface area contributed by atoms with E-state index in [2.05, 4.69) is 5.32 Å². The molecule has 0 aliphatic rings. The van der Waals surface area contributed by atoms with Crippen molar-refractivity contribution >= 4 is 23.4 Å². The van der Waals surface area contributed by atoms with E-state index < -0.39 is 6.04 Å². The minimum absolute atomic E-state index is 0.105. The number of methoxy groups -OCH3 is 2. The number of carbonyl (C=O) groups excluding carboxylic acids is 2. The molecule has 2 amide bonds.